The molecule has 2 heterocycles. The van der Waals surface area contributed by atoms with Gasteiger partial charge in [-0.1, -0.05) is 11.6 Å². The second-order valence-corrected chi connectivity index (χ2v) is 4.50. The van der Waals surface area contributed by atoms with E-state index in [9.17, 15) is 0 Å². The fourth-order valence-electron chi connectivity index (χ4n) is 1.87. The molecule has 0 amide bonds. The number of hydrogen-bond donors (Lipinski definition) is 0. The van der Waals surface area contributed by atoms with Crippen molar-refractivity contribution in [3.63, 3.8) is 0 Å². The number of aromatic nitrogens is 4. The highest BCUT2D eigenvalue weighted by atomic mass is 35.5. The van der Waals surface area contributed by atoms with Crippen LogP contribution in [0, 0.1) is 6.92 Å². The Morgan fingerprint density at radius 2 is 2.00 bits per heavy atom. The van der Waals surface area contributed by atoms with Crippen LogP contribution in [0.5, 0.6) is 0 Å². The lowest BCUT2D eigenvalue weighted by atomic mass is 10.2. The molecule has 4 nitrogen and oxygen atoms in total. The Labute approximate surface area is 103 Å². The third-order valence-electron chi connectivity index (χ3n) is 2.78. The minimum absolute atomic E-state index is 0.767. The molecule has 0 atom stereocenters. The normalized spacial score (nSPS) is 11.2. The number of rotatable bonds is 1. The van der Waals surface area contributed by atoms with E-state index in [4.69, 9.17) is 11.6 Å². The Bertz CT molecular complexity index is 696. The van der Waals surface area contributed by atoms with Gasteiger partial charge in [0.15, 0.2) is 0 Å². The summed E-state index contributed by atoms with van der Waals surface area (Å²) in [5.74, 6) is 0. The largest absolute Gasteiger partial charge is 0.274 e. The zero-order valence-electron chi connectivity index (χ0n) is 9.55. The molecule has 0 spiro atoms. The van der Waals surface area contributed by atoms with Crippen molar-refractivity contribution in [3.8, 4) is 5.69 Å². The summed E-state index contributed by atoms with van der Waals surface area (Å²) in [5, 5.41) is 10.3. The predicted octanol–water partition coefficient (Wildman–Crippen LogP) is 2.72. The van der Waals surface area contributed by atoms with Crippen molar-refractivity contribution in [1.82, 2.24) is 19.6 Å². The number of aryl methyl sites for hydroxylation is 2. The summed E-state index contributed by atoms with van der Waals surface area (Å²) in [5.41, 5.74) is 3.04. The molecule has 5 heteroatoms. The molecule has 0 saturated heterocycles. The Hall–Kier alpha value is -1.81. The Kier molecular flexibility index (Phi) is 2.19. The quantitative estimate of drug-likeness (QED) is 0.662. The van der Waals surface area contributed by atoms with Gasteiger partial charge in [-0.05, 0) is 24.6 Å². The van der Waals surface area contributed by atoms with Crippen molar-refractivity contribution in [2.75, 3.05) is 0 Å². The molecule has 17 heavy (non-hydrogen) atoms. The maximum Gasteiger partial charge on any atom is 0.103 e. The van der Waals surface area contributed by atoms with Crippen LogP contribution in [0.1, 0.15) is 5.56 Å². The molecule has 2 aromatic heterocycles. The molecule has 3 aromatic rings. The summed E-state index contributed by atoms with van der Waals surface area (Å²) < 4.78 is 3.62. The molecule has 0 aliphatic carbocycles. The number of benzene rings is 1. The van der Waals surface area contributed by atoms with Crippen LogP contribution in [-0.2, 0) is 7.05 Å². The monoisotopic (exact) mass is 246 g/mol. The summed E-state index contributed by atoms with van der Waals surface area (Å²) in [6.45, 7) is 1.99. The summed E-state index contributed by atoms with van der Waals surface area (Å²) >= 11 is 6.09. The van der Waals surface area contributed by atoms with E-state index in [1.807, 2.05) is 43.2 Å². The summed E-state index contributed by atoms with van der Waals surface area (Å²) in [6, 6.07) is 3.98. The molecule has 0 aliphatic heterocycles. The summed E-state index contributed by atoms with van der Waals surface area (Å²) in [6.07, 6.45) is 5.53. The Balaban J connectivity index is 2.27. The lowest BCUT2D eigenvalue weighted by Gasteiger charge is -2.01. The fourth-order valence-corrected chi connectivity index (χ4v) is 2.05. The van der Waals surface area contributed by atoms with Crippen LogP contribution in [0.2, 0.25) is 5.02 Å². The van der Waals surface area contributed by atoms with Crippen molar-refractivity contribution >= 4 is 22.5 Å². The van der Waals surface area contributed by atoms with Crippen LogP contribution < -0.4 is 0 Å². The van der Waals surface area contributed by atoms with Gasteiger partial charge in [0.2, 0.25) is 0 Å². The zero-order valence-corrected chi connectivity index (χ0v) is 10.3. The minimum atomic E-state index is 0.767. The van der Waals surface area contributed by atoms with Gasteiger partial charge in [-0.2, -0.15) is 10.2 Å². The highest BCUT2D eigenvalue weighted by molar-refractivity contribution is 6.32. The maximum absolute atomic E-state index is 6.09. The Morgan fingerprint density at radius 1 is 1.18 bits per heavy atom. The van der Waals surface area contributed by atoms with E-state index < -0.39 is 0 Å². The average Bonchev–Trinajstić information content (AvgIpc) is 2.86. The second-order valence-electron chi connectivity index (χ2n) is 4.09. The van der Waals surface area contributed by atoms with Crippen LogP contribution in [0.15, 0.2) is 30.7 Å². The third kappa shape index (κ3) is 1.61. The van der Waals surface area contributed by atoms with E-state index in [1.54, 1.807) is 10.9 Å². The topological polar surface area (TPSA) is 35.6 Å². The SMILES string of the molecule is Cc1cc2c(cnn2-c2cnn(C)c2)cc1Cl. The molecule has 86 valence electrons. The molecule has 3 rings (SSSR count). The molecule has 1 aromatic carbocycles. The number of hydrogen-bond acceptors (Lipinski definition) is 2. The first-order valence-corrected chi connectivity index (χ1v) is 5.66. The van der Waals surface area contributed by atoms with Crippen LogP contribution in [0.4, 0.5) is 0 Å². The van der Waals surface area contributed by atoms with Gasteiger partial charge in [-0.25, -0.2) is 4.68 Å². The summed E-state index contributed by atoms with van der Waals surface area (Å²) in [4.78, 5) is 0. The minimum Gasteiger partial charge on any atom is -0.274 e. The van der Waals surface area contributed by atoms with Crippen LogP contribution in [0.3, 0.4) is 0 Å². The van der Waals surface area contributed by atoms with Gasteiger partial charge in [0.05, 0.1) is 24.1 Å². The van der Waals surface area contributed by atoms with Crippen molar-refractivity contribution in [3.05, 3.63) is 41.3 Å². The highest BCUT2D eigenvalue weighted by Gasteiger charge is 2.08. The molecule has 0 radical (unpaired) electrons. The van der Waals surface area contributed by atoms with Crippen molar-refractivity contribution in [1.29, 1.82) is 0 Å². The number of nitrogens with zero attached hydrogens (tertiary/aromatic N) is 4. The van der Waals surface area contributed by atoms with Gasteiger partial charge < -0.3 is 0 Å². The Morgan fingerprint density at radius 3 is 2.71 bits per heavy atom. The fraction of sp³-hybridized carbons (Fsp3) is 0.167. The molecule has 0 bridgehead atoms. The molecule has 0 unspecified atom stereocenters. The predicted molar refractivity (Wildman–Crippen MR) is 67.6 cm³/mol. The molecule has 0 aliphatic rings. The standard InChI is InChI=1S/C12H11ClN4/c1-8-3-12-9(4-11(8)13)5-15-17(12)10-6-14-16(2)7-10/h3-7H,1-2H3. The molecular weight excluding hydrogens is 236 g/mol. The van der Waals surface area contributed by atoms with Gasteiger partial charge in [-0.3, -0.25) is 4.68 Å². The summed E-state index contributed by atoms with van der Waals surface area (Å²) in [7, 11) is 1.89. The maximum atomic E-state index is 6.09. The molecule has 0 N–H and O–H groups in total. The van der Waals surface area contributed by atoms with Crippen LogP contribution in [0.25, 0.3) is 16.6 Å². The second kappa shape index (κ2) is 3.60. The van der Waals surface area contributed by atoms with Gasteiger partial charge >= 0.3 is 0 Å². The smallest absolute Gasteiger partial charge is 0.103 e. The van der Waals surface area contributed by atoms with E-state index in [0.29, 0.717) is 0 Å². The first-order valence-electron chi connectivity index (χ1n) is 5.28. The van der Waals surface area contributed by atoms with E-state index in [0.717, 1.165) is 27.2 Å². The van der Waals surface area contributed by atoms with Crippen molar-refractivity contribution in [2.45, 2.75) is 6.92 Å². The van der Waals surface area contributed by atoms with E-state index >= 15 is 0 Å². The molecule has 0 saturated carbocycles. The lowest BCUT2D eigenvalue weighted by Crippen LogP contribution is -1.94. The third-order valence-corrected chi connectivity index (χ3v) is 3.19. The molecular formula is C12H11ClN4. The van der Waals surface area contributed by atoms with E-state index in [1.165, 1.54) is 0 Å². The van der Waals surface area contributed by atoms with Gasteiger partial charge in [-0.15, -0.1) is 0 Å². The van der Waals surface area contributed by atoms with Gasteiger partial charge in [0.25, 0.3) is 0 Å². The van der Waals surface area contributed by atoms with Gasteiger partial charge in [0, 0.05) is 17.5 Å². The zero-order chi connectivity index (χ0) is 12.0. The number of fused-ring (bicyclic) bond motifs is 1. The first kappa shape index (κ1) is 10.4. The lowest BCUT2D eigenvalue weighted by molar-refractivity contribution is 0.766. The van der Waals surface area contributed by atoms with Gasteiger partial charge in [0.1, 0.15) is 5.69 Å². The molecule has 0 fully saturated rings. The highest BCUT2D eigenvalue weighted by Crippen LogP contribution is 2.24. The van der Waals surface area contributed by atoms with Crippen LogP contribution in [-0.4, -0.2) is 19.6 Å². The first-order chi connectivity index (χ1) is 8.15. The van der Waals surface area contributed by atoms with E-state index in [-0.39, 0.29) is 0 Å². The van der Waals surface area contributed by atoms with Crippen molar-refractivity contribution in [2.24, 2.45) is 7.05 Å². The average molecular weight is 247 g/mol. The van der Waals surface area contributed by atoms with E-state index in [2.05, 4.69) is 10.2 Å². The number of halogens is 1. The van der Waals surface area contributed by atoms with Crippen LogP contribution >= 0.6 is 11.6 Å². The van der Waals surface area contributed by atoms with Crippen molar-refractivity contribution < 1.29 is 0 Å².